The van der Waals surface area contributed by atoms with E-state index in [0.717, 1.165) is 31.8 Å². The molecule has 0 bridgehead atoms. The molecule has 1 aromatic carbocycles. The van der Waals surface area contributed by atoms with Crippen LogP contribution in [-0.2, 0) is 33.3 Å². The first kappa shape index (κ1) is 68.4. The number of benzene rings is 1. The van der Waals surface area contributed by atoms with Crippen molar-refractivity contribution >= 4 is 41.2 Å². The fraction of sp³-hybridized carbons (Fsp3) is 0.839. The van der Waals surface area contributed by atoms with Crippen LogP contribution in [0.2, 0.25) is 0 Å². The highest BCUT2D eigenvalue weighted by atomic mass is 32.2. The molecular weight excluding hydrogens is 933 g/mol. The lowest BCUT2D eigenvalue weighted by Crippen LogP contribution is -2.44. The zero-order valence-corrected chi connectivity index (χ0v) is 49.2. The van der Waals surface area contributed by atoms with Gasteiger partial charge in [-0.3, -0.25) is 14.4 Å². The number of hydrogen-bond donors (Lipinski definition) is 2. The Labute approximate surface area is 452 Å². The van der Waals surface area contributed by atoms with Gasteiger partial charge in [0, 0.05) is 48.8 Å². The number of anilines is 1. The van der Waals surface area contributed by atoms with Crippen molar-refractivity contribution < 1.29 is 38.1 Å². The van der Waals surface area contributed by atoms with E-state index in [1.54, 1.807) is 77.6 Å². The van der Waals surface area contributed by atoms with Crippen molar-refractivity contribution in [2.24, 2.45) is 0 Å². The first-order chi connectivity index (χ1) is 35.1. The van der Waals surface area contributed by atoms with E-state index in [2.05, 4.69) is 24.5 Å². The Bertz CT molecular complexity index is 1490. The SMILES string of the molecule is CCCCCCCCCCCCCCCCCCOCC(CSCCC(=O)Nc1ccc(C(=O)NC(CCC(=O)OC(C)(C)C)C(=O)OC(C)(C)C)cc1)OCCCCCCCCCCCCCCCCCC. The molecule has 2 atom stereocenters. The lowest BCUT2D eigenvalue weighted by molar-refractivity contribution is -0.158. The summed E-state index contributed by atoms with van der Waals surface area (Å²) in [5, 5.41) is 5.67. The van der Waals surface area contributed by atoms with E-state index in [1.165, 1.54) is 193 Å². The molecular formula is C62H112N2O8S. The van der Waals surface area contributed by atoms with Crippen LogP contribution in [0.15, 0.2) is 24.3 Å². The number of thioether (sulfide) groups is 1. The molecule has 0 saturated carbocycles. The molecule has 0 aromatic heterocycles. The molecule has 0 spiro atoms. The van der Waals surface area contributed by atoms with Crippen molar-refractivity contribution in [2.45, 2.75) is 303 Å². The highest BCUT2D eigenvalue weighted by molar-refractivity contribution is 7.99. The van der Waals surface area contributed by atoms with Crippen LogP contribution in [0.1, 0.15) is 290 Å². The number of nitrogens with one attached hydrogen (secondary N) is 2. The second-order valence-electron chi connectivity index (χ2n) is 22.8. The number of amides is 2. The lowest BCUT2D eigenvalue weighted by atomic mass is 10.0. The highest BCUT2D eigenvalue weighted by Crippen LogP contribution is 2.19. The lowest BCUT2D eigenvalue weighted by Gasteiger charge is -2.25. The number of unbranched alkanes of at least 4 members (excludes halogenated alkanes) is 30. The van der Waals surface area contributed by atoms with E-state index in [-0.39, 0.29) is 24.9 Å². The average Bonchev–Trinajstić information content (AvgIpc) is 3.33. The van der Waals surface area contributed by atoms with Crippen molar-refractivity contribution in [3.63, 3.8) is 0 Å². The predicted octanol–water partition coefficient (Wildman–Crippen LogP) is 17.2. The summed E-state index contributed by atoms with van der Waals surface area (Å²) < 4.78 is 23.5. The molecule has 424 valence electrons. The molecule has 73 heavy (non-hydrogen) atoms. The summed E-state index contributed by atoms with van der Waals surface area (Å²) in [6, 6.07) is 5.49. The Kier molecular flexibility index (Phi) is 42.7. The zero-order chi connectivity index (χ0) is 53.7. The number of carbonyl (C=O) groups is 4. The summed E-state index contributed by atoms with van der Waals surface area (Å²) in [6.45, 7) is 17.2. The van der Waals surface area contributed by atoms with Gasteiger partial charge >= 0.3 is 11.9 Å². The minimum atomic E-state index is -1.05. The topological polar surface area (TPSA) is 129 Å². The molecule has 2 N–H and O–H groups in total. The maximum atomic E-state index is 13.2. The number of ether oxygens (including phenoxy) is 4. The molecule has 0 radical (unpaired) electrons. The van der Waals surface area contributed by atoms with Gasteiger partial charge in [0.2, 0.25) is 5.91 Å². The molecule has 10 nitrogen and oxygen atoms in total. The number of rotatable bonds is 49. The van der Waals surface area contributed by atoms with Crippen molar-refractivity contribution in [3.8, 4) is 0 Å². The van der Waals surface area contributed by atoms with Gasteiger partial charge in [0.05, 0.1) is 12.7 Å². The molecule has 1 rings (SSSR count). The highest BCUT2D eigenvalue weighted by Gasteiger charge is 2.29. The minimum Gasteiger partial charge on any atom is -0.460 e. The Hall–Kier alpha value is -2.63. The van der Waals surface area contributed by atoms with E-state index in [4.69, 9.17) is 18.9 Å². The Morgan fingerprint density at radius 1 is 0.521 bits per heavy atom. The van der Waals surface area contributed by atoms with Gasteiger partial charge in [-0.2, -0.15) is 11.8 Å². The maximum absolute atomic E-state index is 13.2. The van der Waals surface area contributed by atoms with Crippen LogP contribution in [0.25, 0.3) is 0 Å². The zero-order valence-electron chi connectivity index (χ0n) is 48.4. The standard InChI is InChI=1S/C62H112N2O8S/c1-9-11-13-15-17-19-21-23-25-27-29-31-33-35-37-39-48-69-51-55(70-49-40-38-36-34-32-30-28-26-24-22-20-18-16-14-12-10-2)52-73-50-47-57(65)63-54-43-41-53(42-44-54)59(67)64-56(60(68)72-62(6,7)8)45-46-58(66)71-61(3,4)5/h41-44,55-56H,9-40,45-52H2,1-8H3,(H,63,65)(H,64,67). The predicted molar refractivity (Wildman–Crippen MR) is 309 cm³/mol. The summed E-state index contributed by atoms with van der Waals surface area (Å²) in [6.07, 6.45) is 43.6. The average molecular weight is 1050 g/mol. The third-order valence-electron chi connectivity index (χ3n) is 13.1. The summed E-state index contributed by atoms with van der Waals surface area (Å²) in [5.41, 5.74) is -0.561. The monoisotopic (exact) mass is 1040 g/mol. The quantitative estimate of drug-likeness (QED) is 0.0484. The third-order valence-corrected chi connectivity index (χ3v) is 14.2. The van der Waals surface area contributed by atoms with Gasteiger partial charge in [-0.25, -0.2) is 4.79 Å². The van der Waals surface area contributed by atoms with Crippen molar-refractivity contribution in [1.82, 2.24) is 5.32 Å². The van der Waals surface area contributed by atoms with Crippen molar-refractivity contribution in [1.29, 1.82) is 0 Å². The fourth-order valence-electron chi connectivity index (χ4n) is 8.84. The van der Waals surface area contributed by atoms with E-state index in [0.29, 0.717) is 30.0 Å². The van der Waals surface area contributed by atoms with Gasteiger partial charge in [0.25, 0.3) is 5.91 Å². The molecule has 0 aliphatic carbocycles. The first-order valence-corrected chi connectivity index (χ1v) is 31.2. The summed E-state index contributed by atoms with van der Waals surface area (Å²) in [4.78, 5) is 51.6. The summed E-state index contributed by atoms with van der Waals surface area (Å²) in [7, 11) is 0. The Morgan fingerprint density at radius 3 is 1.36 bits per heavy atom. The Morgan fingerprint density at radius 2 is 0.932 bits per heavy atom. The van der Waals surface area contributed by atoms with Crippen LogP contribution in [0.3, 0.4) is 0 Å². The molecule has 11 heteroatoms. The second-order valence-corrected chi connectivity index (χ2v) is 24.0. The molecule has 2 unspecified atom stereocenters. The third kappa shape index (κ3) is 44.2. The molecule has 2 amide bonds. The van der Waals surface area contributed by atoms with Crippen LogP contribution in [-0.4, -0.2) is 78.4 Å². The number of hydrogen-bond acceptors (Lipinski definition) is 9. The summed E-state index contributed by atoms with van der Waals surface area (Å²) in [5.74, 6) is -0.265. The second kappa shape index (κ2) is 45.6. The first-order valence-electron chi connectivity index (χ1n) is 30.1. The fourth-order valence-corrected chi connectivity index (χ4v) is 9.79. The van der Waals surface area contributed by atoms with Crippen LogP contribution < -0.4 is 10.6 Å². The Balaban J connectivity index is 2.49. The largest absolute Gasteiger partial charge is 0.460 e. The molecule has 0 saturated heterocycles. The van der Waals surface area contributed by atoms with Gasteiger partial charge in [0.1, 0.15) is 17.2 Å². The maximum Gasteiger partial charge on any atom is 0.329 e. The van der Waals surface area contributed by atoms with Gasteiger partial charge in [-0.15, -0.1) is 0 Å². The molecule has 0 aliphatic rings. The van der Waals surface area contributed by atoms with Gasteiger partial charge < -0.3 is 29.6 Å². The van der Waals surface area contributed by atoms with Crippen LogP contribution in [0, 0.1) is 0 Å². The van der Waals surface area contributed by atoms with Crippen LogP contribution >= 0.6 is 11.8 Å². The van der Waals surface area contributed by atoms with Gasteiger partial charge in [-0.05, 0) is 85.1 Å². The van der Waals surface area contributed by atoms with Gasteiger partial charge in [0.15, 0.2) is 0 Å². The van der Waals surface area contributed by atoms with E-state index < -0.39 is 35.1 Å². The molecule has 0 aliphatic heterocycles. The normalized spacial score (nSPS) is 12.7. The van der Waals surface area contributed by atoms with E-state index >= 15 is 0 Å². The summed E-state index contributed by atoms with van der Waals surface area (Å²) >= 11 is 1.72. The van der Waals surface area contributed by atoms with Gasteiger partial charge in [-0.1, -0.05) is 206 Å². The van der Waals surface area contributed by atoms with Crippen LogP contribution in [0.4, 0.5) is 5.69 Å². The smallest absolute Gasteiger partial charge is 0.329 e. The van der Waals surface area contributed by atoms with Crippen molar-refractivity contribution in [2.75, 3.05) is 36.6 Å². The van der Waals surface area contributed by atoms with E-state index in [9.17, 15) is 19.2 Å². The van der Waals surface area contributed by atoms with E-state index in [1.807, 2.05) is 0 Å². The molecule has 1 aromatic rings. The minimum absolute atomic E-state index is 0.00335. The molecule has 0 heterocycles. The molecule has 0 fully saturated rings. The number of esters is 2. The van der Waals surface area contributed by atoms with Crippen molar-refractivity contribution in [3.05, 3.63) is 29.8 Å². The van der Waals surface area contributed by atoms with Crippen LogP contribution in [0.5, 0.6) is 0 Å². The number of carbonyl (C=O) groups excluding carboxylic acids is 4.